The number of fused-ring (bicyclic) bond motifs is 6. The SMILES string of the molecule is CC(C)(C)c1ccc2c(c1)[B]c1cc(C(C)(C)C)ccc1-c1ccc(C(C)(C)C)cc1[B]c1cc(C(C)(C)C)ccc1-2. The van der Waals surface area contributed by atoms with Crippen molar-refractivity contribution in [1.29, 1.82) is 0 Å². The quantitative estimate of drug-likeness (QED) is 0.173. The number of rotatable bonds is 0. The molecule has 214 valence electrons. The largest absolute Gasteiger partial charge is 0.193 e. The molecule has 1 heterocycles. The summed E-state index contributed by atoms with van der Waals surface area (Å²) in [6, 6.07) is 28.5. The van der Waals surface area contributed by atoms with E-state index >= 15 is 0 Å². The van der Waals surface area contributed by atoms with E-state index in [0.717, 1.165) is 0 Å². The van der Waals surface area contributed by atoms with Crippen LogP contribution in [0.15, 0.2) is 72.8 Å². The van der Waals surface area contributed by atoms with Gasteiger partial charge in [0.05, 0.1) is 0 Å². The van der Waals surface area contributed by atoms with E-state index in [0.29, 0.717) is 0 Å². The summed E-state index contributed by atoms with van der Waals surface area (Å²) in [6.07, 6.45) is 0. The van der Waals surface area contributed by atoms with Crippen LogP contribution in [-0.2, 0) is 21.7 Å². The molecular formula is C40H48B2. The first-order chi connectivity index (χ1) is 19.3. The summed E-state index contributed by atoms with van der Waals surface area (Å²) < 4.78 is 0. The van der Waals surface area contributed by atoms with E-state index in [4.69, 9.17) is 0 Å². The Morgan fingerprint density at radius 2 is 0.500 bits per heavy atom. The first-order valence-electron chi connectivity index (χ1n) is 15.6. The third-order valence-corrected chi connectivity index (χ3v) is 8.87. The zero-order valence-corrected chi connectivity index (χ0v) is 28.1. The third kappa shape index (κ3) is 6.06. The van der Waals surface area contributed by atoms with Gasteiger partial charge in [-0.25, -0.2) is 0 Å². The lowest BCUT2D eigenvalue weighted by atomic mass is 9.53. The molecular weight excluding hydrogens is 502 g/mol. The summed E-state index contributed by atoms with van der Waals surface area (Å²) in [5.74, 6) is 0. The lowest BCUT2D eigenvalue weighted by Crippen LogP contribution is -2.39. The fourth-order valence-electron chi connectivity index (χ4n) is 5.91. The van der Waals surface area contributed by atoms with Gasteiger partial charge in [0.15, 0.2) is 14.6 Å². The number of hydrogen-bond acceptors (Lipinski definition) is 0. The van der Waals surface area contributed by atoms with Crippen molar-refractivity contribution in [3.8, 4) is 22.3 Å². The van der Waals surface area contributed by atoms with E-state index in [-0.39, 0.29) is 21.7 Å². The van der Waals surface area contributed by atoms with Crippen molar-refractivity contribution in [3.63, 3.8) is 0 Å². The minimum atomic E-state index is 0.0648. The fourth-order valence-corrected chi connectivity index (χ4v) is 5.91. The van der Waals surface area contributed by atoms with Crippen molar-refractivity contribution in [1.82, 2.24) is 0 Å². The van der Waals surface area contributed by atoms with Crippen molar-refractivity contribution in [3.05, 3.63) is 95.1 Å². The van der Waals surface area contributed by atoms with Crippen LogP contribution in [-0.4, -0.2) is 14.6 Å². The van der Waals surface area contributed by atoms with Gasteiger partial charge in [-0.05, 0) is 66.2 Å². The summed E-state index contributed by atoms with van der Waals surface area (Å²) in [7, 11) is 4.90. The molecule has 0 aliphatic carbocycles. The van der Waals surface area contributed by atoms with E-state index in [9.17, 15) is 0 Å². The Labute approximate surface area is 257 Å². The van der Waals surface area contributed by atoms with Crippen LogP contribution < -0.4 is 21.9 Å². The van der Waals surface area contributed by atoms with Gasteiger partial charge >= 0.3 is 0 Å². The molecule has 0 spiro atoms. The maximum absolute atomic E-state index is 2.45. The number of hydrogen-bond donors (Lipinski definition) is 0. The van der Waals surface area contributed by atoms with E-state index in [2.05, 4.69) is 170 Å². The van der Waals surface area contributed by atoms with Gasteiger partial charge in [-0.1, -0.05) is 178 Å². The molecule has 1 aliphatic rings. The Bertz CT molecular complexity index is 1400. The van der Waals surface area contributed by atoms with E-state index < -0.39 is 0 Å². The van der Waals surface area contributed by atoms with Crippen molar-refractivity contribution in [2.45, 2.75) is 105 Å². The molecule has 0 nitrogen and oxygen atoms in total. The number of benzene rings is 4. The molecule has 0 N–H and O–H groups in total. The molecule has 2 radical (unpaired) electrons. The Balaban J connectivity index is 1.87. The monoisotopic (exact) mass is 550 g/mol. The normalized spacial score (nSPS) is 13.6. The maximum atomic E-state index is 2.45. The highest BCUT2D eigenvalue weighted by molar-refractivity contribution is 6.74. The predicted octanol–water partition coefficient (Wildman–Crippen LogP) is 7.83. The lowest BCUT2D eigenvalue weighted by Gasteiger charge is -2.28. The van der Waals surface area contributed by atoms with Crippen LogP contribution in [0, 0.1) is 0 Å². The molecule has 4 aromatic carbocycles. The molecule has 42 heavy (non-hydrogen) atoms. The van der Waals surface area contributed by atoms with Gasteiger partial charge < -0.3 is 0 Å². The molecule has 0 bridgehead atoms. The second-order valence-electron chi connectivity index (χ2n) is 16.5. The fraction of sp³-hybridized carbons (Fsp3) is 0.400. The molecule has 2 heteroatoms. The molecule has 0 aromatic heterocycles. The van der Waals surface area contributed by atoms with Crippen molar-refractivity contribution in [2.24, 2.45) is 0 Å². The van der Waals surface area contributed by atoms with Crippen LogP contribution in [0.4, 0.5) is 0 Å². The Morgan fingerprint density at radius 3 is 0.667 bits per heavy atom. The highest BCUT2D eigenvalue weighted by atomic mass is 14.2. The van der Waals surface area contributed by atoms with E-state index in [1.54, 1.807) is 0 Å². The Kier molecular flexibility index (Phi) is 7.49. The molecule has 0 amide bonds. The van der Waals surface area contributed by atoms with Gasteiger partial charge in [0, 0.05) is 0 Å². The molecule has 0 saturated heterocycles. The van der Waals surface area contributed by atoms with Crippen LogP contribution >= 0.6 is 0 Å². The van der Waals surface area contributed by atoms with Gasteiger partial charge in [-0.3, -0.25) is 0 Å². The Hall–Kier alpha value is -2.99. The van der Waals surface area contributed by atoms with E-state index in [1.807, 2.05) is 0 Å². The second-order valence-corrected chi connectivity index (χ2v) is 16.5. The second kappa shape index (κ2) is 10.3. The maximum Gasteiger partial charge on any atom is 0.193 e. The summed E-state index contributed by atoms with van der Waals surface area (Å²) in [4.78, 5) is 0. The van der Waals surface area contributed by atoms with Crippen LogP contribution in [0.25, 0.3) is 22.3 Å². The lowest BCUT2D eigenvalue weighted by molar-refractivity contribution is 0.590. The van der Waals surface area contributed by atoms with Crippen molar-refractivity contribution in [2.75, 3.05) is 0 Å². The standard InChI is InChI=1S/C40H48B2/c1-37(2,3)25-13-17-29-30-18-14-27(39(7,8)9)23-35(30)42-36-24-28(40(10,11)12)16-20-32(36)31-19-15-26(38(4,5)6)22-34(31)41-33(29)21-25/h13-24H,1-12H3. The van der Waals surface area contributed by atoms with Crippen LogP contribution in [0.3, 0.4) is 0 Å². The summed E-state index contributed by atoms with van der Waals surface area (Å²) in [5.41, 5.74) is 16.0. The summed E-state index contributed by atoms with van der Waals surface area (Å²) >= 11 is 0. The molecule has 0 saturated carbocycles. The van der Waals surface area contributed by atoms with E-state index in [1.165, 1.54) is 66.4 Å². The highest BCUT2D eigenvalue weighted by Crippen LogP contribution is 2.31. The Morgan fingerprint density at radius 1 is 0.310 bits per heavy atom. The van der Waals surface area contributed by atoms with Gasteiger partial charge in [-0.2, -0.15) is 0 Å². The average Bonchev–Trinajstić information content (AvgIpc) is 2.86. The van der Waals surface area contributed by atoms with Gasteiger partial charge in [0.2, 0.25) is 0 Å². The first kappa shape index (κ1) is 30.5. The smallest absolute Gasteiger partial charge is 0.0734 e. The van der Waals surface area contributed by atoms with Crippen molar-refractivity contribution < 1.29 is 0 Å². The molecule has 1 aliphatic heterocycles. The topological polar surface area (TPSA) is 0 Å². The minimum absolute atomic E-state index is 0.0648. The molecule has 5 rings (SSSR count). The zero-order valence-electron chi connectivity index (χ0n) is 28.1. The molecule has 4 aromatic rings. The highest BCUT2D eigenvalue weighted by Gasteiger charge is 2.26. The molecule has 0 fully saturated rings. The summed E-state index contributed by atoms with van der Waals surface area (Å²) in [5, 5.41) is 0. The van der Waals surface area contributed by atoms with Crippen LogP contribution in [0.2, 0.25) is 0 Å². The van der Waals surface area contributed by atoms with Crippen LogP contribution in [0.5, 0.6) is 0 Å². The zero-order chi connectivity index (χ0) is 30.8. The molecule has 0 unspecified atom stereocenters. The first-order valence-corrected chi connectivity index (χ1v) is 15.6. The minimum Gasteiger partial charge on any atom is -0.0734 e. The third-order valence-electron chi connectivity index (χ3n) is 8.87. The average molecular weight is 550 g/mol. The van der Waals surface area contributed by atoms with Crippen LogP contribution in [0.1, 0.15) is 105 Å². The van der Waals surface area contributed by atoms with Gasteiger partial charge in [0.1, 0.15) is 0 Å². The van der Waals surface area contributed by atoms with Gasteiger partial charge in [0.25, 0.3) is 0 Å². The predicted molar refractivity (Wildman–Crippen MR) is 189 cm³/mol. The molecule has 0 atom stereocenters. The van der Waals surface area contributed by atoms with Gasteiger partial charge in [-0.15, -0.1) is 0 Å². The van der Waals surface area contributed by atoms with Crippen molar-refractivity contribution >= 4 is 36.4 Å². The summed E-state index contributed by atoms with van der Waals surface area (Å²) in [6.45, 7) is 27.7.